The second-order valence-electron chi connectivity index (χ2n) is 4.33. The molecule has 0 aliphatic rings. The molecule has 0 aromatic carbocycles. The van der Waals surface area contributed by atoms with Gasteiger partial charge in [-0.2, -0.15) is 5.10 Å². The number of sulfonamides is 1. The Kier molecular flexibility index (Phi) is 5.85. The van der Waals surface area contributed by atoms with Crippen molar-refractivity contribution in [3.63, 3.8) is 0 Å². The lowest BCUT2D eigenvalue weighted by atomic mass is 10.4. The number of aromatic nitrogens is 2. The average Bonchev–Trinajstić information content (AvgIpc) is 2.79. The highest BCUT2D eigenvalue weighted by atomic mass is 32.2. The van der Waals surface area contributed by atoms with Crippen molar-refractivity contribution < 1.29 is 23.1 Å². The van der Waals surface area contributed by atoms with Crippen LogP contribution in [0.4, 0.5) is 0 Å². The Labute approximate surface area is 122 Å². The number of aryl methyl sites for hydroxylation is 1. The van der Waals surface area contributed by atoms with Gasteiger partial charge in [-0.05, 0) is 13.3 Å². The van der Waals surface area contributed by atoms with E-state index < -0.39 is 26.6 Å². The van der Waals surface area contributed by atoms with Gasteiger partial charge in [-0.1, -0.05) is 6.92 Å². The molecule has 0 aliphatic heterocycles. The van der Waals surface area contributed by atoms with Gasteiger partial charge in [0.1, 0.15) is 4.90 Å². The molecule has 0 fully saturated rings. The quantitative estimate of drug-likeness (QED) is 0.514. The van der Waals surface area contributed by atoms with E-state index in [0.717, 1.165) is 6.42 Å². The second-order valence-corrected chi connectivity index (χ2v) is 6.03. The third-order valence-electron chi connectivity index (χ3n) is 2.58. The van der Waals surface area contributed by atoms with Gasteiger partial charge >= 0.3 is 5.97 Å². The third kappa shape index (κ3) is 4.53. The van der Waals surface area contributed by atoms with Crippen molar-refractivity contribution in [2.24, 2.45) is 0 Å². The molecule has 0 unspecified atom stereocenters. The zero-order valence-electron chi connectivity index (χ0n) is 11.8. The van der Waals surface area contributed by atoms with Gasteiger partial charge < -0.3 is 10.4 Å². The summed E-state index contributed by atoms with van der Waals surface area (Å²) in [5, 5.41) is 17.3. The monoisotopic (exact) mass is 318 g/mol. The predicted octanol–water partition coefficient (Wildman–Crippen LogP) is -0.389. The molecule has 0 atom stereocenters. The second kappa shape index (κ2) is 7.18. The van der Waals surface area contributed by atoms with Crippen LogP contribution in [0.5, 0.6) is 0 Å². The topological polar surface area (TPSA) is 141 Å². The number of nitrogens with one attached hydrogen (secondary N) is 3. The first-order chi connectivity index (χ1) is 9.79. The van der Waals surface area contributed by atoms with Crippen molar-refractivity contribution in [1.82, 2.24) is 20.2 Å². The van der Waals surface area contributed by atoms with Gasteiger partial charge in [0.05, 0.1) is 5.69 Å². The summed E-state index contributed by atoms with van der Waals surface area (Å²) < 4.78 is 26.3. The summed E-state index contributed by atoms with van der Waals surface area (Å²) in [5.41, 5.74) is -0.453. The van der Waals surface area contributed by atoms with Crippen LogP contribution in [0.15, 0.2) is 4.90 Å². The molecular formula is C11H18N4O5S. The van der Waals surface area contributed by atoms with Gasteiger partial charge in [-0.3, -0.25) is 9.89 Å². The molecule has 21 heavy (non-hydrogen) atoms. The van der Waals surface area contributed by atoms with Crippen molar-refractivity contribution in [3.05, 3.63) is 11.4 Å². The molecule has 4 N–H and O–H groups in total. The van der Waals surface area contributed by atoms with Gasteiger partial charge in [0.15, 0.2) is 5.69 Å². The molecule has 1 aromatic rings. The zero-order valence-corrected chi connectivity index (χ0v) is 12.6. The first kappa shape index (κ1) is 17.1. The van der Waals surface area contributed by atoms with Crippen molar-refractivity contribution in [3.8, 4) is 0 Å². The highest BCUT2D eigenvalue weighted by molar-refractivity contribution is 7.89. The molecule has 1 aromatic heterocycles. The highest BCUT2D eigenvalue weighted by Gasteiger charge is 2.27. The Balaban J connectivity index is 2.73. The number of aromatic amines is 1. The number of carboxylic acid groups (broad SMARTS) is 1. The highest BCUT2D eigenvalue weighted by Crippen LogP contribution is 2.17. The Morgan fingerprint density at radius 2 is 2.00 bits per heavy atom. The Morgan fingerprint density at radius 1 is 1.33 bits per heavy atom. The molecule has 0 saturated heterocycles. The minimum atomic E-state index is -4.04. The fourth-order valence-electron chi connectivity index (χ4n) is 1.62. The molecule has 0 spiro atoms. The number of carbonyl (C=O) groups excluding carboxylic acids is 1. The molecule has 1 heterocycles. The molecule has 10 heteroatoms. The van der Waals surface area contributed by atoms with E-state index in [1.54, 1.807) is 0 Å². The van der Waals surface area contributed by atoms with E-state index in [1.165, 1.54) is 6.92 Å². The number of nitrogens with zero attached hydrogens (tertiary/aromatic N) is 1. The lowest BCUT2D eigenvalue weighted by Crippen LogP contribution is -2.31. The van der Waals surface area contributed by atoms with E-state index in [2.05, 4.69) is 20.2 Å². The molecule has 1 amide bonds. The van der Waals surface area contributed by atoms with Crippen LogP contribution < -0.4 is 10.0 Å². The van der Waals surface area contributed by atoms with Gasteiger partial charge in [0, 0.05) is 19.5 Å². The molecule has 0 aliphatic carbocycles. The summed E-state index contributed by atoms with van der Waals surface area (Å²) in [5.74, 6) is -1.72. The number of rotatable bonds is 8. The minimum Gasteiger partial charge on any atom is -0.476 e. The maximum absolute atomic E-state index is 12.1. The number of hydrogen-bond donors (Lipinski definition) is 4. The average molecular weight is 318 g/mol. The summed E-state index contributed by atoms with van der Waals surface area (Å²) >= 11 is 0. The van der Waals surface area contributed by atoms with Crippen molar-refractivity contribution >= 4 is 21.9 Å². The first-order valence-electron chi connectivity index (χ1n) is 6.34. The van der Waals surface area contributed by atoms with Crippen LogP contribution in [-0.2, 0) is 14.8 Å². The molecular weight excluding hydrogens is 300 g/mol. The SMILES string of the molecule is CCCNC(=O)CCNS(=O)(=O)c1c(C(=O)O)n[nH]c1C. The van der Waals surface area contributed by atoms with Crippen LogP contribution in [0.3, 0.4) is 0 Å². The van der Waals surface area contributed by atoms with E-state index in [9.17, 15) is 18.0 Å². The van der Waals surface area contributed by atoms with Crippen molar-refractivity contribution in [2.45, 2.75) is 31.6 Å². The maximum Gasteiger partial charge on any atom is 0.357 e. The van der Waals surface area contributed by atoms with E-state index in [-0.39, 0.29) is 24.6 Å². The predicted molar refractivity (Wildman–Crippen MR) is 73.4 cm³/mol. The van der Waals surface area contributed by atoms with Crippen molar-refractivity contribution in [2.75, 3.05) is 13.1 Å². The van der Waals surface area contributed by atoms with E-state index in [0.29, 0.717) is 6.54 Å². The fraction of sp³-hybridized carbons (Fsp3) is 0.545. The molecule has 9 nitrogen and oxygen atoms in total. The number of hydrogen-bond acceptors (Lipinski definition) is 5. The summed E-state index contributed by atoms with van der Waals surface area (Å²) in [6.45, 7) is 3.71. The lowest BCUT2D eigenvalue weighted by molar-refractivity contribution is -0.120. The van der Waals surface area contributed by atoms with E-state index >= 15 is 0 Å². The molecule has 118 valence electrons. The zero-order chi connectivity index (χ0) is 16.0. The van der Waals surface area contributed by atoms with Crippen LogP contribution in [0.1, 0.15) is 35.9 Å². The van der Waals surface area contributed by atoms with Crippen LogP contribution in [0.2, 0.25) is 0 Å². The molecule has 0 bridgehead atoms. The Hall–Kier alpha value is -1.94. The fourth-order valence-corrected chi connectivity index (χ4v) is 2.97. The smallest absolute Gasteiger partial charge is 0.357 e. The summed E-state index contributed by atoms with van der Waals surface area (Å²) in [6.07, 6.45) is 0.756. The molecule has 0 radical (unpaired) electrons. The van der Waals surface area contributed by atoms with Crippen LogP contribution >= 0.6 is 0 Å². The number of carboxylic acids is 1. The van der Waals surface area contributed by atoms with E-state index in [4.69, 9.17) is 5.11 Å². The third-order valence-corrected chi connectivity index (χ3v) is 4.20. The minimum absolute atomic E-state index is 0.0292. The van der Waals surface area contributed by atoms with Crippen molar-refractivity contribution in [1.29, 1.82) is 0 Å². The summed E-state index contributed by atoms with van der Waals surface area (Å²) in [4.78, 5) is 21.9. The lowest BCUT2D eigenvalue weighted by Gasteiger charge is -2.07. The number of aromatic carboxylic acids is 1. The van der Waals surface area contributed by atoms with Gasteiger partial charge in [-0.25, -0.2) is 17.9 Å². The Bertz CT molecular complexity index is 623. The number of amides is 1. The van der Waals surface area contributed by atoms with Gasteiger partial charge in [0.25, 0.3) is 0 Å². The summed E-state index contributed by atoms with van der Waals surface area (Å²) in [7, 11) is -4.04. The Morgan fingerprint density at radius 3 is 2.57 bits per heavy atom. The van der Waals surface area contributed by atoms with Crippen LogP contribution in [-0.4, -0.2) is 48.7 Å². The van der Waals surface area contributed by atoms with Gasteiger partial charge in [-0.15, -0.1) is 0 Å². The summed E-state index contributed by atoms with van der Waals surface area (Å²) in [6, 6.07) is 0. The number of H-pyrrole nitrogens is 1. The van der Waals surface area contributed by atoms with Crippen LogP contribution in [0, 0.1) is 6.92 Å². The molecule has 1 rings (SSSR count). The normalized spacial score (nSPS) is 11.3. The maximum atomic E-state index is 12.1. The largest absolute Gasteiger partial charge is 0.476 e. The standard InChI is InChI=1S/C11H18N4O5S/c1-3-5-12-8(16)4-6-13-21(19,20)10-7(2)14-15-9(10)11(17)18/h13H,3-6H2,1-2H3,(H,12,16)(H,14,15)(H,17,18). The van der Waals surface area contributed by atoms with Gasteiger partial charge in [0.2, 0.25) is 15.9 Å². The first-order valence-corrected chi connectivity index (χ1v) is 7.82. The number of carbonyl (C=O) groups is 2. The van der Waals surface area contributed by atoms with E-state index in [1.807, 2.05) is 6.92 Å². The van der Waals surface area contributed by atoms with Crippen LogP contribution in [0.25, 0.3) is 0 Å². The molecule has 0 saturated carbocycles.